The van der Waals surface area contributed by atoms with Gasteiger partial charge in [-0.2, -0.15) is 0 Å². The van der Waals surface area contributed by atoms with Crippen LogP contribution in [0.5, 0.6) is 0 Å². The molecule has 0 bridgehead atoms. The molecule has 106 valence electrons. The Hall–Kier alpha value is -0.0800. The van der Waals surface area contributed by atoms with E-state index in [1.807, 2.05) is 0 Å². The molecule has 0 aromatic rings. The molecule has 2 heteroatoms. The first kappa shape index (κ1) is 14.3. The van der Waals surface area contributed by atoms with Crippen LogP contribution in [-0.4, -0.2) is 36.6 Å². The van der Waals surface area contributed by atoms with Crippen molar-refractivity contribution in [1.29, 1.82) is 0 Å². The number of nitrogens with one attached hydrogen (secondary N) is 1. The highest BCUT2D eigenvalue weighted by atomic mass is 15.2. The third-order valence-electron chi connectivity index (χ3n) is 4.57. The van der Waals surface area contributed by atoms with Crippen LogP contribution in [0.25, 0.3) is 0 Å². The average molecular weight is 252 g/mol. The van der Waals surface area contributed by atoms with Crippen molar-refractivity contribution < 1.29 is 0 Å². The molecule has 2 aliphatic rings. The van der Waals surface area contributed by atoms with E-state index in [1.165, 1.54) is 71.0 Å². The van der Waals surface area contributed by atoms with Crippen LogP contribution in [0.1, 0.15) is 65.2 Å². The van der Waals surface area contributed by atoms with Crippen molar-refractivity contribution in [3.05, 3.63) is 0 Å². The van der Waals surface area contributed by atoms with Crippen LogP contribution in [0.2, 0.25) is 0 Å². The number of hydrogen-bond donors (Lipinski definition) is 1. The molecule has 0 spiro atoms. The summed E-state index contributed by atoms with van der Waals surface area (Å²) in [6.45, 7) is 8.61. The second-order valence-electron chi connectivity index (χ2n) is 6.42. The number of rotatable bonds is 9. The van der Waals surface area contributed by atoms with Gasteiger partial charge in [0.2, 0.25) is 0 Å². The standard InChI is InChI=1S/C16H32N2/c1-3-6-16(7-4-2)18(12-14-9-10-14)13-15-8-5-11-17-15/h14-17H,3-13H2,1-2H3. The smallest absolute Gasteiger partial charge is 0.0195 e. The van der Waals surface area contributed by atoms with Gasteiger partial charge in [0.1, 0.15) is 0 Å². The lowest BCUT2D eigenvalue weighted by Gasteiger charge is -2.34. The van der Waals surface area contributed by atoms with Crippen molar-refractivity contribution >= 4 is 0 Å². The summed E-state index contributed by atoms with van der Waals surface area (Å²) in [6, 6.07) is 1.63. The van der Waals surface area contributed by atoms with Gasteiger partial charge in [-0.25, -0.2) is 0 Å². The lowest BCUT2D eigenvalue weighted by atomic mass is 10.0. The number of nitrogens with zero attached hydrogens (tertiary/aromatic N) is 1. The lowest BCUT2D eigenvalue weighted by Crippen LogP contribution is -2.44. The maximum Gasteiger partial charge on any atom is 0.0195 e. The largest absolute Gasteiger partial charge is 0.313 e. The molecule has 1 N–H and O–H groups in total. The minimum atomic E-state index is 0.778. The van der Waals surface area contributed by atoms with E-state index in [-0.39, 0.29) is 0 Å². The molecule has 18 heavy (non-hydrogen) atoms. The molecule has 0 radical (unpaired) electrons. The highest BCUT2D eigenvalue weighted by Gasteiger charge is 2.29. The van der Waals surface area contributed by atoms with Gasteiger partial charge < -0.3 is 5.32 Å². The molecular formula is C16H32N2. The van der Waals surface area contributed by atoms with Gasteiger partial charge in [-0.3, -0.25) is 4.90 Å². The molecule has 2 fully saturated rings. The summed E-state index contributed by atoms with van der Waals surface area (Å²) in [5.41, 5.74) is 0. The second kappa shape index (κ2) is 7.49. The normalized spacial score (nSPS) is 24.3. The second-order valence-corrected chi connectivity index (χ2v) is 6.42. The topological polar surface area (TPSA) is 15.3 Å². The Morgan fingerprint density at radius 2 is 1.78 bits per heavy atom. The Kier molecular flexibility index (Phi) is 5.97. The average Bonchev–Trinajstić information content (AvgIpc) is 3.02. The molecule has 0 aromatic carbocycles. The maximum atomic E-state index is 3.68. The van der Waals surface area contributed by atoms with Crippen LogP contribution >= 0.6 is 0 Å². The van der Waals surface area contributed by atoms with Gasteiger partial charge in [0, 0.05) is 25.2 Å². The molecule has 1 aliphatic carbocycles. The Labute approximate surface area is 114 Å². The van der Waals surface area contributed by atoms with Gasteiger partial charge in [-0.05, 0) is 51.0 Å². The Bertz CT molecular complexity index is 213. The molecule has 2 rings (SSSR count). The van der Waals surface area contributed by atoms with Crippen molar-refractivity contribution in [2.24, 2.45) is 5.92 Å². The van der Waals surface area contributed by atoms with Gasteiger partial charge in [-0.1, -0.05) is 26.7 Å². The molecule has 1 aliphatic heterocycles. The molecular weight excluding hydrogens is 220 g/mol. The van der Waals surface area contributed by atoms with Crippen LogP contribution in [0.3, 0.4) is 0 Å². The predicted octanol–water partition coefficient (Wildman–Crippen LogP) is 3.42. The molecule has 0 amide bonds. The SMILES string of the molecule is CCCC(CCC)N(CC1CC1)CC1CCCN1. The van der Waals surface area contributed by atoms with E-state index in [9.17, 15) is 0 Å². The summed E-state index contributed by atoms with van der Waals surface area (Å²) >= 11 is 0. The molecule has 2 nitrogen and oxygen atoms in total. The van der Waals surface area contributed by atoms with Crippen LogP contribution in [0.4, 0.5) is 0 Å². The Morgan fingerprint density at radius 3 is 2.28 bits per heavy atom. The Morgan fingerprint density at radius 1 is 1.06 bits per heavy atom. The van der Waals surface area contributed by atoms with Crippen molar-refractivity contribution in [3.63, 3.8) is 0 Å². The molecule has 1 saturated carbocycles. The van der Waals surface area contributed by atoms with Crippen LogP contribution in [-0.2, 0) is 0 Å². The Balaban J connectivity index is 1.87. The van der Waals surface area contributed by atoms with Crippen molar-refractivity contribution in [2.45, 2.75) is 77.3 Å². The summed E-state index contributed by atoms with van der Waals surface area (Å²) in [6.07, 6.45) is 11.2. The van der Waals surface area contributed by atoms with Gasteiger partial charge in [0.25, 0.3) is 0 Å². The van der Waals surface area contributed by atoms with E-state index in [0.717, 1.165) is 18.0 Å². The zero-order valence-corrected chi connectivity index (χ0v) is 12.5. The fraction of sp³-hybridized carbons (Fsp3) is 1.00. The quantitative estimate of drug-likeness (QED) is 0.676. The number of hydrogen-bond acceptors (Lipinski definition) is 2. The van der Waals surface area contributed by atoms with Gasteiger partial charge in [0.05, 0.1) is 0 Å². The zero-order chi connectivity index (χ0) is 12.8. The van der Waals surface area contributed by atoms with E-state index in [4.69, 9.17) is 0 Å². The monoisotopic (exact) mass is 252 g/mol. The zero-order valence-electron chi connectivity index (χ0n) is 12.5. The summed E-state index contributed by atoms with van der Waals surface area (Å²) in [4.78, 5) is 2.84. The highest BCUT2D eigenvalue weighted by Crippen LogP contribution is 2.31. The highest BCUT2D eigenvalue weighted by molar-refractivity contribution is 4.85. The summed E-state index contributed by atoms with van der Waals surface area (Å²) in [7, 11) is 0. The summed E-state index contributed by atoms with van der Waals surface area (Å²) in [5.74, 6) is 1.03. The van der Waals surface area contributed by atoms with Gasteiger partial charge in [0.15, 0.2) is 0 Å². The molecule has 1 unspecified atom stereocenters. The molecule has 0 aromatic heterocycles. The van der Waals surface area contributed by atoms with Crippen molar-refractivity contribution in [3.8, 4) is 0 Å². The van der Waals surface area contributed by atoms with Crippen LogP contribution in [0.15, 0.2) is 0 Å². The fourth-order valence-corrected chi connectivity index (χ4v) is 3.38. The fourth-order valence-electron chi connectivity index (χ4n) is 3.38. The maximum absolute atomic E-state index is 3.68. The van der Waals surface area contributed by atoms with Gasteiger partial charge >= 0.3 is 0 Å². The van der Waals surface area contributed by atoms with E-state index < -0.39 is 0 Å². The van der Waals surface area contributed by atoms with E-state index in [2.05, 4.69) is 24.1 Å². The molecule has 1 atom stereocenters. The minimum Gasteiger partial charge on any atom is -0.313 e. The first-order valence-corrected chi connectivity index (χ1v) is 8.30. The van der Waals surface area contributed by atoms with Gasteiger partial charge in [-0.15, -0.1) is 0 Å². The minimum absolute atomic E-state index is 0.778. The van der Waals surface area contributed by atoms with Crippen LogP contribution in [0, 0.1) is 5.92 Å². The summed E-state index contributed by atoms with van der Waals surface area (Å²) in [5, 5.41) is 3.68. The predicted molar refractivity (Wildman–Crippen MR) is 78.9 cm³/mol. The van der Waals surface area contributed by atoms with Crippen molar-refractivity contribution in [2.75, 3.05) is 19.6 Å². The van der Waals surface area contributed by atoms with E-state index in [0.29, 0.717) is 0 Å². The first-order valence-electron chi connectivity index (χ1n) is 8.30. The molecule has 1 heterocycles. The molecule has 1 saturated heterocycles. The van der Waals surface area contributed by atoms with E-state index >= 15 is 0 Å². The van der Waals surface area contributed by atoms with Crippen molar-refractivity contribution in [1.82, 2.24) is 10.2 Å². The van der Waals surface area contributed by atoms with Crippen LogP contribution < -0.4 is 5.32 Å². The first-order chi connectivity index (χ1) is 8.83. The third-order valence-corrected chi connectivity index (χ3v) is 4.57. The van der Waals surface area contributed by atoms with E-state index in [1.54, 1.807) is 0 Å². The summed E-state index contributed by atoms with van der Waals surface area (Å²) < 4.78 is 0. The third kappa shape index (κ3) is 4.55. The lowest BCUT2D eigenvalue weighted by molar-refractivity contribution is 0.154.